The summed E-state index contributed by atoms with van der Waals surface area (Å²) in [5, 5.41) is 10.7. The van der Waals surface area contributed by atoms with Crippen LogP contribution in [0, 0.1) is 10.1 Å². The van der Waals surface area contributed by atoms with Crippen molar-refractivity contribution in [1.29, 1.82) is 0 Å². The Morgan fingerprint density at radius 3 is 2.79 bits per heavy atom. The zero-order valence-electron chi connectivity index (χ0n) is 10.4. The zero-order valence-corrected chi connectivity index (χ0v) is 10.4. The molecule has 2 aromatic rings. The lowest BCUT2D eigenvalue weighted by Crippen LogP contribution is -2.05. The van der Waals surface area contributed by atoms with E-state index in [0.717, 1.165) is 6.42 Å². The van der Waals surface area contributed by atoms with Gasteiger partial charge in [0, 0.05) is 24.1 Å². The minimum absolute atomic E-state index is 0.00600. The van der Waals surface area contributed by atoms with Crippen LogP contribution >= 0.6 is 0 Å². The molecule has 0 aliphatic carbocycles. The highest BCUT2D eigenvalue weighted by atomic mass is 16.6. The predicted molar refractivity (Wildman–Crippen MR) is 70.3 cm³/mol. The number of nitrogens with two attached hydrogens (primary N) is 1. The Morgan fingerprint density at radius 2 is 2.11 bits per heavy atom. The van der Waals surface area contributed by atoms with Crippen LogP contribution in [0.15, 0.2) is 24.3 Å². The Labute approximate surface area is 109 Å². The van der Waals surface area contributed by atoms with Crippen molar-refractivity contribution in [3.63, 3.8) is 0 Å². The van der Waals surface area contributed by atoms with Gasteiger partial charge < -0.3 is 5.73 Å². The molecule has 0 saturated carbocycles. The van der Waals surface area contributed by atoms with Gasteiger partial charge in [0.1, 0.15) is 5.82 Å². The van der Waals surface area contributed by atoms with Gasteiger partial charge in [-0.05, 0) is 6.42 Å². The summed E-state index contributed by atoms with van der Waals surface area (Å²) in [5.74, 6) is 1.08. The molecule has 1 aromatic heterocycles. The molecular formula is C12H13N5O2. The molecule has 0 fully saturated rings. The maximum atomic E-state index is 10.7. The smallest absolute Gasteiger partial charge is 0.270 e. The standard InChI is InChI=1S/C12H13N5O2/c1-2-4-10-14-11(16-12(13)15-10)8-5-3-6-9(7-8)17(18)19/h3,5-7H,2,4H2,1H3,(H2,13,14,15,16). The van der Waals surface area contributed by atoms with Gasteiger partial charge in [-0.2, -0.15) is 9.97 Å². The first-order valence-electron chi connectivity index (χ1n) is 5.85. The van der Waals surface area contributed by atoms with Gasteiger partial charge in [0.2, 0.25) is 5.95 Å². The van der Waals surface area contributed by atoms with Crippen molar-refractivity contribution in [3.05, 3.63) is 40.2 Å². The van der Waals surface area contributed by atoms with Crippen molar-refractivity contribution in [3.8, 4) is 11.4 Å². The van der Waals surface area contributed by atoms with Gasteiger partial charge >= 0.3 is 0 Å². The van der Waals surface area contributed by atoms with Crippen LogP contribution in [0.5, 0.6) is 0 Å². The van der Waals surface area contributed by atoms with Crippen molar-refractivity contribution in [2.75, 3.05) is 5.73 Å². The first kappa shape index (κ1) is 12.9. The summed E-state index contributed by atoms with van der Waals surface area (Å²) in [6.45, 7) is 2.01. The molecule has 1 heterocycles. The average molecular weight is 259 g/mol. The first-order valence-corrected chi connectivity index (χ1v) is 5.85. The predicted octanol–water partition coefficient (Wildman–Crippen LogP) is 1.98. The molecule has 98 valence electrons. The number of hydrogen-bond donors (Lipinski definition) is 1. The fourth-order valence-corrected chi connectivity index (χ4v) is 1.66. The highest BCUT2D eigenvalue weighted by Gasteiger charge is 2.11. The number of rotatable bonds is 4. The van der Waals surface area contributed by atoms with E-state index in [1.165, 1.54) is 12.1 Å². The van der Waals surface area contributed by atoms with Crippen molar-refractivity contribution in [1.82, 2.24) is 15.0 Å². The van der Waals surface area contributed by atoms with Crippen LogP contribution < -0.4 is 5.73 Å². The van der Waals surface area contributed by atoms with Crippen LogP contribution in [0.3, 0.4) is 0 Å². The molecule has 0 saturated heterocycles. The number of aryl methyl sites for hydroxylation is 1. The summed E-state index contributed by atoms with van der Waals surface area (Å²) in [4.78, 5) is 22.6. The van der Waals surface area contributed by atoms with Gasteiger partial charge in [0.15, 0.2) is 5.82 Å². The van der Waals surface area contributed by atoms with Gasteiger partial charge in [-0.25, -0.2) is 4.98 Å². The second-order valence-electron chi connectivity index (χ2n) is 3.99. The molecular weight excluding hydrogens is 246 g/mol. The molecule has 0 aliphatic rings. The van der Waals surface area contributed by atoms with Crippen LogP contribution in [0.2, 0.25) is 0 Å². The van der Waals surface area contributed by atoms with E-state index in [2.05, 4.69) is 15.0 Å². The average Bonchev–Trinajstić information content (AvgIpc) is 2.38. The molecule has 1 aromatic carbocycles. The zero-order chi connectivity index (χ0) is 13.8. The van der Waals surface area contributed by atoms with Crippen molar-refractivity contribution >= 4 is 11.6 Å². The largest absolute Gasteiger partial charge is 0.368 e. The summed E-state index contributed by atoms with van der Waals surface area (Å²) < 4.78 is 0. The Kier molecular flexibility index (Phi) is 3.65. The molecule has 0 bridgehead atoms. The number of anilines is 1. The van der Waals surface area contributed by atoms with Crippen molar-refractivity contribution in [2.24, 2.45) is 0 Å². The molecule has 0 spiro atoms. The van der Waals surface area contributed by atoms with Gasteiger partial charge in [-0.15, -0.1) is 0 Å². The normalized spacial score (nSPS) is 10.4. The van der Waals surface area contributed by atoms with Crippen molar-refractivity contribution in [2.45, 2.75) is 19.8 Å². The molecule has 19 heavy (non-hydrogen) atoms. The molecule has 0 unspecified atom stereocenters. The summed E-state index contributed by atoms with van der Waals surface area (Å²) in [6.07, 6.45) is 1.58. The quantitative estimate of drug-likeness (QED) is 0.664. The lowest BCUT2D eigenvalue weighted by atomic mass is 10.2. The number of aromatic nitrogens is 3. The third-order valence-corrected chi connectivity index (χ3v) is 2.49. The monoisotopic (exact) mass is 259 g/mol. The van der Waals surface area contributed by atoms with E-state index in [4.69, 9.17) is 5.73 Å². The number of nitro groups is 1. The van der Waals surface area contributed by atoms with Crippen molar-refractivity contribution < 1.29 is 4.92 Å². The number of nitro benzene ring substituents is 1. The van der Waals surface area contributed by atoms with E-state index < -0.39 is 4.92 Å². The lowest BCUT2D eigenvalue weighted by Gasteiger charge is -2.04. The SMILES string of the molecule is CCCc1nc(N)nc(-c2cccc([N+](=O)[O-])c2)n1. The second-order valence-corrected chi connectivity index (χ2v) is 3.99. The number of hydrogen-bond acceptors (Lipinski definition) is 6. The van der Waals surface area contributed by atoms with Crippen LogP contribution in [0.25, 0.3) is 11.4 Å². The molecule has 7 heteroatoms. The summed E-state index contributed by atoms with van der Waals surface area (Å²) >= 11 is 0. The van der Waals surface area contributed by atoms with Gasteiger partial charge in [-0.3, -0.25) is 10.1 Å². The van der Waals surface area contributed by atoms with E-state index in [-0.39, 0.29) is 11.6 Å². The Balaban J connectivity index is 2.46. The molecule has 2 rings (SSSR count). The fourth-order valence-electron chi connectivity index (χ4n) is 1.66. The minimum Gasteiger partial charge on any atom is -0.368 e. The summed E-state index contributed by atoms with van der Waals surface area (Å²) in [6, 6.07) is 6.13. The molecule has 0 amide bonds. The van der Waals surface area contributed by atoms with E-state index in [9.17, 15) is 10.1 Å². The highest BCUT2D eigenvalue weighted by molar-refractivity contribution is 5.59. The van der Waals surface area contributed by atoms with E-state index >= 15 is 0 Å². The lowest BCUT2D eigenvalue weighted by molar-refractivity contribution is -0.384. The molecule has 2 N–H and O–H groups in total. The van der Waals surface area contributed by atoms with E-state index in [1.807, 2.05) is 6.92 Å². The summed E-state index contributed by atoms with van der Waals surface area (Å²) in [7, 11) is 0. The Morgan fingerprint density at radius 1 is 1.32 bits per heavy atom. The second kappa shape index (κ2) is 5.38. The Bertz CT molecular complexity index is 615. The van der Waals surface area contributed by atoms with Gasteiger partial charge in [0.05, 0.1) is 4.92 Å². The molecule has 0 atom stereocenters. The maximum Gasteiger partial charge on any atom is 0.270 e. The maximum absolute atomic E-state index is 10.7. The van der Waals surface area contributed by atoms with Crippen LogP contribution in [0.1, 0.15) is 19.2 Å². The molecule has 7 nitrogen and oxygen atoms in total. The van der Waals surface area contributed by atoms with Crippen LogP contribution in [-0.2, 0) is 6.42 Å². The Hall–Kier alpha value is -2.57. The third-order valence-electron chi connectivity index (χ3n) is 2.49. The number of nitrogen functional groups attached to an aromatic ring is 1. The first-order chi connectivity index (χ1) is 9.10. The number of benzene rings is 1. The minimum atomic E-state index is -0.457. The van der Waals surface area contributed by atoms with E-state index in [1.54, 1.807) is 12.1 Å². The highest BCUT2D eigenvalue weighted by Crippen LogP contribution is 2.21. The fraction of sp³-hybridized carbons (Fsp3) is 0.250. The summed E-state index contributed by atoms with van der Waals surface area (Å²) in [5.41, 5.74) is 6.18. The van der Waals surface area contributed by atoms with Gasteiger partial charge in [0.25, 0.3) is 5.69 Å². The van der Waals surface area contributed by atoms with Crippen LogP contribution in [0.4, 0.5) is 11.6 Å². The number of nitrogens with zero attached hydrogens (tertiary/aromatic N) is 4. The molecule has 0 aliphatic heterocycles. The number of non-ortho nitro benzene ring substituents is 1. The third kappa shape index (κ3) is 3.01. The van der Waals surface area contributed by atoms with Crippen LogP contribution in [-0.4, -0.2) is 19.9 Å². The topological polar surface area (TPSA) is 108 Å². The molecule has 0 radical (unpaired) electrons. The van der Waals surface area contributed by atoms with E-state index in [0.29, 0.717) is 23.6 Å². The van der Waals surface area contributed by atoms with Gasteiger partial charge in [-0.1, -0.05) is 19.1 Å².